The summed E-state index contributed by atoms with van der Waals surface area (Å²) in [4.78, 5) is 27.8. The Morgan fingerprint density at radius 2 is 1.80 bits per heavy atom. The molecule has 0 saturated carbocycles. The maximum Gasteiger partial charge on any atom is 0.356 e. The van der Waals surface area contributed by atoms with E-state index >= 15 is 0 Å². The van der Waals surface area contributed by atoms with Gasteiger partial charge in [-0.2, -0.15) is 0 Å². The van der Waals surface area contributed by atoms with Crippen molar-refractivity contribution in [3.63, 3.8) is 0 Å². The topological polar surface area (TPSA) is 70.4 Å². The maximum atomic E-state index is 12.3. The van der Waals surface area contributed by atoms with Crippen molar-refractivity contribution in [2.24, 2.45) is 7.05 Å². The van der Waals surface area contributed by atoms with Gasteiger partial charge in [0.2, 0.25) is 5.78 Å². The lowest BCUT2D eigenvalue weighted by atomic mass is 10.1. The van der Waals surface area contributed by atoms with Crippen molar-refractivity contribution in [3.05, 3.63) is 47.5 Å². The number of nitrogens with zero attached hydrogens (tertiary/aromatic N) is 2. The number of rotatable bonds is 4. The molecule has 0 saturated heterocycles. The van der Waals surface area contributed by atoms with E-state index in [-0.39, 0.29) is 17.3 Å². The molecular weight excluding hydrogens is 260 g/mol. The molecule has 1 heterocycles. The third kappa shape index (κ3) is 2.40. The van der Waals surface area contributed by atoms with Crippen LogP contribution in [0.25, 0.3) is 0 Å². The number of methoxy groups -OCH3 is 2. The molecule has 6 nitrogen and oxygen atoms in total. The van der Waals surface area contributed by atoms with Crippen LogP contribution in [-0.2, 0) is 11.8 Å². The second kappa shape index (κ2) is 5.56. The van der Waals surface area contributed by atoms with Gasteiger partial charge in [-0.25, -0.2) is 9.78 Å². The maximum absolute atomic E-state index is 12.3. The Labute approximate surface area is 116 Å². The van der Waals surface area contributed by atoms with E-state index in [1.54, 1.807) is 38.4 Å². The van der Waals surface area contributed by atoms with Crippen molar-refractivity contribution < 1.29 is 19.1 Å². The second-order valence-corrected chi connectivity index (χ2v) is 4.08. The Hall–Kier alpha value is -2.63. The van der Waals surface area contributed by atoms with E-state index in [1.807, 2.05) is 0 Å². The molecular formula is C14H14N2O4. The van der Waals surface area contributed by atoms with Gasteiger partial charge >= 0.3 is 5.97 Å². The van der Waals surface area contributed by atoms with Gasteiger partial charge in [0.15, 0.2) is 5.82 Å². The van der Waals surface area contributed by atoms with E-state index in [4.69, 9.17) is 4.74 Å². The van der Waals surface area contributed by atoms with E-state index in [2.05, 4.69) is 9.72 Å². The van der Waals surface area contributed by atoms with Crippen molar-refractivity contribution in [1.29, 1.82) is 0 Å². The molecule has 0 spiro atoms. The van der Waals surface area contributed by atoms with Crippen molar-refractivity contribution in [2.75, 3.05) is 14.2 Å². The summed E-state index contributed by atoms with van der Waals surface area (Å²) in [6, 6.07) is 6.68. The van der Waals surface area contributed by atoms with E-state index in [0.29, 0.717) is 11.3 Å². The van der Waals surface area contributed by atoms with Crippen molar-refractivity contribution in [3.8, 4) is 5.75 Å². The molecule has 2 rings (SSSR count). The molecule has 0 radical (unpaired) electrons. The lowest BCUT2D eigenvalue weighted by molar-refractivity contribution is 0.0589. The van der Waals surface area contributed by atoms with Crippen LogP contribution in [0.15, 0.2) is 30.5 Å². The minimum atomic E-state index is -0.534. The Morgan fingerprint density at radius 3 is 2.35 bits per heavy atom. The monoisotopic (exact) mass is 274 g/mol. The number of ether oxygens (including phenoxy) is 2. The average Bonchev–Trinajstić information content (AvgIpc) is 2.87. The summed E-state index contributed by atoms with van der Waals surface area (Å²) in [6.07, 6.45) is 1.32. The Balaban J connectivity index is 2.33. The zero-order chi connectivity index (χ0) is 14.7. The highest BCUT2D eigenvalue weighted by Crippen LogP contribution is 2.15. The summed E-state index contributed by atoms with van der Waals surface area (Å²) in [7, 11) is 4.43. The van der Waals surface area contributed by atoms with Crippen LogP contribution in [0.1, 0.15) is 26.7 Å². The number of esters is 1. The minimum Gasteiger partial charge on any atom is -0.497 e. The summed E-state index contributed by atoms with van der Waals surface area (Å²) < 4.78 is 11.1. The zero-order valence-electron chi connectivity index (χ0n) is 11.4. The first kappa shape index (κ1) is 13.8. The first-order valence-corrected chi connectivity index (χ1v) is 5.87. The third-order valence-corrected chi connectivity index (χ3v) is 2.94. The average molecular weight is 274 g/mol. The Bertz CT molecular complexity index is 644. The van der Waals surface area contributed by atoms with Gasteiger partial charge in [-0.3, -0.25) is 4.79 Å². The molecule has 0 amide bonds. The highest BCUT2D eigenvalue weighted by Gasteiger charge is 2.20. The lowest BCUT2D eigenvalue weighted by Crippen LogP contribution is -2.13. The minimum absolute atomic E-state index is 0.176. The van der Waals surface area contributed by atoms with Crippen LogP contribution in [0.4, 0.5) is 0 Å². The second-order valence-electron chi connectivity index (χ2n) is 4.08. The summed E-state index contributed by atoms with van der Waals surface area (Å²) in [5.74, 6) is 0.0336. The van der Waals surface area contributed by atoms with Crippen molar-refractivity contribution in [2.45, 2.75) is 0 Å². The quantitative estimate of drug-likeness (QED) is 0.623. The molecule has 0 aliphatic heterocycles. The van der Waals surface area contributed by atoms with Gasteiger partial charge in [0.25, 0.3) is 0 Å². The first-order chi connectivity index (χ1) is 9.58. The van der Waals surface area contributed by atoms with Crippen LogP contribution >= 0.6 is 0 Å². The van der Waals surface area contributed by atoms with E-state index in [1.165, 1.54) is 17.9 Å². The van der Waals surface area contributed by atoms with Crippen LogP contribution in [0, 0.1) is 0 Å². The number of imidazole rings is 1. The number of benzene rings is 1. The number of carbonyl (C=O) groups excluding carboxylic acids is 2. The molecule has 104 valence electrons. The largest absolute Gasteiger partial charge is 0.497 e. The lowest BCUT2D eigenvalue weighted by Gasteiger charge is -2.05. The molecule has 0 fully saturated rings. The van der Waals surface area contributed by atoms with Gasteiger partial charge in [0.05, 0.1) is 20.4 Å². The smallest absolute Gasteiger partial charge is 0.356 e. The molecule has 0 unspecified atom stereocenters. The van der Waals surface area contributed by atoms with Crippen LogP contribution in [0.2, 0.25) is 0 Å². The van der Waals surface area contributed by atoms with Crippen molar-refractivity contribution in [1.82, 2.24) is 9.55 Å². The molecule has 1 aromatic carbocycles. The number of hydrogen-bond donors (Lipinski definition) is 0. The van der Waals surface area contributed by atoms with Gasteiger partial charge in [-0.05, 0) is 24.3 Å². The van der Waals surface area contributed by atoms with Gasteiger partial charge in [-0.1, -0.05) is 0 Å². The first-order valence-electron chi connectivity index (χ1n) is 5.87. The van der Waals surface area contributed by atoms with E-state index < -0.39 is 5.97 Å². The highest BCUT2D eigenvalue weighted by atomic mass is 16.5. The highest BCUT2D eigenvalue weighted by molar-refractivity contribution is 6.07. The molecule has 6 heteroatoms. The normalized spacial score (nSPS) is 10.2. The third-order valence-electron chi connectivity index (χ3n) is 2.94. The predicted octanol–water partition coefficient (Wildman–Crippen LogP) is 1.45. The van der Waals surface area contributed by atoms with Gasteiger partial charge in [0, 0.05) is 12.6 Å². The molecule has 0 N–H and O–H groups in total. The molecule has 0 aliphatic carbocycles. The van der Waals surface area contributed by atoms with E-state index in [0.717, 1.165) is 0 Å². The van der Waals surface area contributed by atoms with E-state index in [9.17, 15) is 9.59 Å². The van der Waals surface area contributed by atoms with Gasteiger partial charge < -0.3 is 14.0 Å². The number of aromatic nitrogens is 2. The molecule has 1 aromatic heterocycles. The summed E-state index contributed by atoms with van der Waals surface area (Å²) in [5.41, 5.74) is 0.695. The molecule has 2 aromatic rings. The predicted molar refractivity (Wildman–Crippen MR) is 71.0 cm³/mol. The number of carbonyl (C=O) groups is 2. The molecule has 20 heavy (non-hydrogen) atoms. The molecule has 0 atom stereocenters. The zero-order valence-corrected chi connectivity index (χ0v) is 11.4. The summed E-state index contributed by atoms with van der Waals surface area (Å²) >= 11 is 0. The molecule has 0 aliphatic rings. The Morgan fingerprint density at radius 1 is 1.15 bits per heavy atom. The van der Waals surface area contributed by atoms with Crippen molar-refractivity contribution >= 4 is 11.8 Å². The van der Waals surface area contributed by atoms with Crippen LogP contribution in [-0.4, -0.2) is 35.5 Å². The SMILES string of the molecule is COC(=O)c1cnc(C(=O)c2ccc(OC)cc2)n1C. The van der Waals surface area contributed by atoms with Crippen LogP contribution in [0.5, 0.6) is 5.75 Å². The fraction of sp³-hybridized carbons (Fsp3) is 0.214. The number of ketones is 1. The Kier molecular flexibility index (Phi) is 3.84. The number of hydrogen-bond acceptors (Lipinski definition) is 5. The van der Waals surface area contributed by atoms with Gasteiger partial charge in [0.1, 0.15) is 11.4 Å². The summed E-state index contributed by atoms with van der Waals surface area (Å²) in [6.45, 7) is 0. The van der Waals surface area contributed by atoms with Gasteiger partial charge in [-0.15, -0.1) is 0 Å². The van der Waals surface area contributed by atoms with Crippen LogP contribution in [0.3, 0.4) is 0 Å². The fourth-order valence-electron chi connectivity index (χ4n) is 1.79. The van der Waals surface area contributed by atoms with Crippen LogP contribution < -0.4 is 4.74 Å². The summed E-state index contributed by atoms with van der Waals surface area (Å²) in [5, 5.41) is 0. The standard InChI is InChI=1S/C14H14N2O4/c1-16-11(14(18)20-3)8-15-13(16)12(17)9-4-6-10(19-2)7-5-9/h4-8H,1-3H3. The fourth-order valence-corrected chi connectivity index (χ4v) is 1.79. The molecule has 0 bridgehead atoms.